The molecule has 0 saturated heterocycles. The third-order valence-electron chi connectivity index (χ3n) is 4.26. The second-order valence-corrected chi connectivity index (χ2v) is 7.58. The molecule has 0 aliphatic rings. The minimum atomic E-state index is -0.294. The lowest BCUT2D eigenvalue weighted by atomic mass is 9.88. The van der Waals surface area contributed by atoms with Crippen molar-refractivity contribution in [3.63, 3.8) is 0 Å². The Morgan fingerprint density at radius 1 is 1.15 bits per heavy atom. The zero-order valence-corrected chi connectivity index (χ0v) is 16.2. The van der Waals surface area contributed by atoms with E-state index in [1.54, 1.807) is 10.9 Å². The Morgan fingerprint density at radius 2 is 1.89 bits per heavy atom. The molecule has 0 spiro atoms. The van der Waals surface area contributed by atoms with Gasteiger partial charge in [0.1, 0.15) is 0 Å². The number of carbonyl (C=O) groups is 1. The summed E-state index contributed by atoms with van der Waals surface area (Å²) in [6, 6.07) is 11.6. The predicted octanol–water partition coefficient (Wildman–Crippen LogP) is 4.19. The average molecular weight is 363 g/mol. The molecular formula is C21H25N5O. The minimum Gasteiger partial charge on any atom is -0.334 e. The molecule has 6 heteroatoms. The van der Waals surface area contributed by atoms with Crippen LogP contribution < -0.4 is 10.6 Å². The molecule has 6 nitrogen and oxygen atoms in total. The van der Waals surface area contributed by atoms with Gasteiger partial charge in [0, 0.05) is 30.7 Å². The number of aromatic nitrogens is 3. The van der Waals surface area contributed by atoms with Gasteiger partial charge in [0.25, 0.3) is 0 Å². The number of carbonyl (C=O) groups excluding carboxylic acids is 1. The van der Waals surface area contributed by atoms with Crippen molar-refractivity contribution in [3.05, 3.63) is 71.7 Å². The van der Waals surface area contributed by atoms with Crippen LogP contribution in [-0.4, -0.2) is 20.8 Å². The monoisotopic (exact) mass is 363 g/mol. The van der Waals surface area contributed by atoms with E-state index in [9.17, 15) is 4.79 Å². The first-order chi connectivity index (χ1) is 12.8. The van der Waals surface area contributed by atoms with Crippen LogP contribution in [0.25, 0.3) is 5.69 Å². The van der Waals surface area contributed by atoms with E-state index in [4.69, 9.17) is 0 Å². The summed E-state index contributed by atoms with van der Waals surface area (Å²) in [6.07, 6.45) is 5.52. The lowest BCUT2D eigenvalue weighted by Crippen LogP contribution is -2.29. The largest absolute Gasteiger partial charge is 0.334 e. The Morgan fingerprint density at radius 3 is 2.59 bits per heavy atom. The number of benzene rings is 1. The second kappa shape index (κ2) is 7.61. The number of amides is 2. The highest BCUT2D eigenvalue weighted by Gasteiger charge is 2.15. The van der Waals surface area contributed by atoms with Gasteiger partial charge in [0.15, 0.2) is 5.82 Å². The molecule has 0 aliphatic carbocycles. The molecule has 0 saturated carbocycles. The van der Waals surface area contributed by atoms with Gasteiger partial charge in [-0.1, -0.05) is 45.0 Å². The Hall–Kier alpha value is -3.15. The zero-order chi connectivity index (χ0) is 19.4. The number of rotatable bonds is 4. The molecule has 2 heterocycles. The lowest BCUT2D eigenvalue weighted by molar-refractivity contribution is 0.251. The van der Waals surface area contributed by atoms with Gasteiger partial charge in [0.2, 0.25) is 0 Å². The van der Waals surface area contributed by atoms with Gasteiger partial charge < -0.3 is 5.32 Å². The summed E-state index contributed by atoms with van der Waals surface area (Å²) >= 11 is 0. The predicted molar refractivity (Wildman–Crippen MR) is 107 cm³/mol. The third kappa shape index (κ3) is 4.73. The number of pyridine rings is 1. The molecule has 0 fully saturated rings. The average Bonchev–Trinajstić information content (AvgIpc) is 3.01. The number of hydrogen-bond donors (Lipinski definition) is 2. The minimum absolute atomic E-state index is 0.0205. The molecule has 2 amide bonds. The molecule has 2 aromatic heterocycles. The van der Waals surface area contributed by atoms with Gasteiger partial charge in [-0.15, -0.1) is 5.10 Å². The summed E-state index contributed by atoms with van der Waals surface area (Å²) in [6.45, 7) is 8.74. The molecule has 0 bridgehead atoms. The molecule has 3 rings (SSSR count). The van der Waals surface area contributed by atoms with Crippen LogP contribution in [0.3, 0.4) is 0 Å². The Balaban J connectivity index is 1.63. The van der Waals surface area contributed by atoms with Crippen LogP contribution in [-0.2, 0) is 12.0 Å². The second-order valence-electron chi connectivity index (χ2n) is 7.58. The third-order valence-corrected chi connectivity index (χ3v) is 4.26. The number of nitrogens with one attached hydrogen (secondary N) is 2. The van der Waals surface area contributed by atoms with Gasteiger partial charge in [-0.25, -0.2) is 9.48 Å². The van der Waals surface area contributed by atoms with Gasteiger partial charge in [0.05, 0.1) is 5.69 Å². The summed E-state index contributed by atoms with van der Waals surface area (Å²) in [4.78, 5) is 16.6. The van der Waals surface area contributed by atoms with E-state index in [0.29, 0.717) is 12.4 Å². The fourth-order valence-corrected chi connectivity index (χ4v) is 2.63. The van der Waals surface area contributed by atoms with Crippen molar-refractivity contribution >= 4 is 11.8 Å². The van der Waals surface area contributed by atoms with Crippen molar-refractivity contribution in [2.45, 2.75) is 39.7 Å². The lowest BCUT2D eigenvalue weighted by Gasteiger charge is -2.19. The summed E-state index contributed by atoms with van der Waals surface area (Å²) in [7, 11) is 0. The molecule has 0 unspecified atom stereocenters. The normalized spacial score (nSPS) is 11.3. The van der Waals surface area contributed by atoms with Crippen LogP contribution in [0.2, 0.25) is 0 Å². The molecule has 140 valence electrons. The van der Waals surface area contributed by atoms with Crippen molar-refractivity contribution in [2.24, 2.45) is 0 Å². The summed E-state index contributed by atoms with van der Waals surface area (Å²) < 4.78 is 1.75. The standard InChI is InChI=1S/C21H25N5O/c1-15-14-26(18-8-6-5-7-9-18)25-19(15)24-20(27)23-12-16-10-17(13-22-11-16)21(2,3)4/h5-11,13-14H,12H2,1-4H3,(H2,23,24,25,27). The molecule has 1 aromatic carbocycles. The molecular weight excluding hydrogens is 338 g/mol. The number of anilines is 1. The highest BCUT2D eigenvalue weighted by molar-refractivity contribution is 5.88. The Bertz CT molecular complexity index is 925. The first-order valence-electron chi connectivity index (χ1n) is 8.94. The van der Waals surface area contributed by atoms with E-state index in [1.165, 1.54) is 0 Å². The maximum Gasteiger partial charge on any atom is 0.320 e. The number of nitrogens with zero attached hydrogens (tertiary/aromatic N) is 3. The fourth-order valence-electron chi connectivity index (χ4n) is 2.63. The van der Waals surface area contributed by atoms with E-state index in [2.05, 4.69) is 47.6 Å². The van der Waals surface area contributed by atoms with Crippen molar-refractivity contribution < 1.29 is 4.79 Å². The van der Waals surface area contributed by atoms with Gasteiger partial charge in [-0.3, -0.25) is 10.3 Å². The van der Waals surface area contributed by atoms with Gasteiger partial charge >= 0.3 is 6.03 Å². The van der Waals surface area contributed by atoms with Crippen molar-refractivity contribution in [2.75, 3.05) is 5.32 Å². The Labute approximate surface area is 159 Å². The topological polar surface area (TPSA) is 71.8 Å². The van der Waals surface area contributed by atoms with Crippen LogP contribution in [0.15, 0.2) is 55.0 Å². The van der Waals surface area contributed by atoms with Crippen LogP contribution in [0.4, 0.5) is 10.6 Å². The number of hydrogen-bond acceptors (Lipinski definition) is 3. The smallest absolute Gasteiger partial charge is 0.320 e. The van der Waals surface area contributed by atoms with Crippen LogP contribution in [0.5, 0.6) is 0 Å². The quantitative estimate of drug-likeness (QED) is 0.730. The van der Waals surface area contributed by atoms with E-state index in [1.807, 2.05) is 49.6 Å². The molecule has 3 aromatic rings. The molecule has 27 heavy (non-hydrogen) atoms. The first kappa shape index (κ1) is 18.6. The van der Waals surface area contributed by atoms with Crippen LogP contribution in [0.1, 0.15) is 37.5 Å². The SMILES string of the molecule is Cc1cn(-c2ccccc2)nc1NC(=O)NCc1cncc(C(C)(C)C)c1. The highest BCUT2D eigenvalue weighted by atomic mass is 16.2. The summed E-state index contributed by atoms with van der Waals surface area (Å²) in [5, 5.41) is 10.1. The fraction of sp³-hybridized carbons (Fsp3) is 0.286. The highest BCUT2D eigenvalue weighted by Crippen LogP contribution is 2.21. The van der Waals surface area contributed by atoms with E-state index in [0.717, 1.165) is 22.4 Å². The van der Waals surface area contributed by atoms with Gasteiger partial charge in [-0.05, 0) is 35.6 Å². The molecule has 0 atom stereocenters. The van der Waals surface area contributed by atoms with Gasteiger partial charge in [-0.2, -0.15) is 0 Å². The molecule has 0 aliphatic heterocycles. The van der Waals surface area contributed by atoms with Crippen LogP contribution >= 0.6 is 0 Å². The van der Waals surface area contributed by atoms with E-state index in [-0.39, 0.29) is 11.4 Å². The number of aryl methyl sites for hydroxylation is 1. The Kier molecular flexibility index (Phi) is 5.26. The summed E-state index contributed by atoms with van der Waals surface area (Å²) in [5.41, 5.74) is 3.96. The summed E-state index contributed by atoms with van der Waals surface area (Å²) in [5.74, 6) is 0.540. The first-order valence-corrected chi connectivity index (χ1v) is 8.94. The van der Waals surface area contributed by atoms with E-state index >= 15 is 0 Å². The number of para-hydroxylation sites is 1. The van der Waals surface area contributed by atoms with E-state index < -0.39 is 0 Å². The van der Waals surface area contributed by atoms with Crippen molar-refractivity contribution in [3.8, 4) is 5.69 Å². The number of urea groups is 1. The maximum absolute atomic E-state index is 12.3. The maximum atomic E-state index is 12.3. The molecule has 2 N–H and O–H groups in total. The van der Waals surface area contributed by atoms with Crippen molar-refractivity contribution in [1.82, 2.24) is 20.1 Å². The molecule has 0 radical (unpaired) electrons. The zero-order valence-electron chi connectivity index (χ0n) is 16.2. The van der Waals surface area contributed by atoms with Crippen molar-refractivity contribution in [1.29, 1.82) is 0 Å². The van der Waals surface area contributed by atoms with Crippen LogP contribution in [0, 0.1) is 6.92 Å².